The van der Waals surface area contributed by atoms with Crippen molar-refractivity contribution < 1.29 is 4.42 Å². The maximum atomic E-state index is 11.2. The van der Waals surface area contributed by atoms with Crippen molar-refractivity contribution in [1.82, 2.24) is 4.98 Å². The molecule has 2 aromatic carbocycles. The molecule has 3 aromatic rings. The van der Waals surface area contributed by atoms with Crippen LogP contribution in [0.4, 0.5) is 0 Å². The Morgan fingerprint density at radius 3 is 2.85 bits per heavy atom. The second-order valence-corrected chi connectivity index (χ2v) is 5.40. The molecule has 1 aromatic heterocycles. The van der Waals surface area contributed by atoms with E-state index in [1.165, 1.54) is 11.1 Å². The number of alkyl halides is 1. The lowest BCUT2D eigenvalue weighted by molar-refractivity contribution is 0.555. The number of fused-ring (bicyclic) bond motifs is 1. The summed E-state index contributed by atoms with van der Waals surface area (Å²) in [5, 5.41) is -0.152. The second kappa shape index (κ2) is 5.17. The van der Waals surface area contributed by atoms with E-state index in [1.807, 2.05) is 30.3 Å². The summed E-state index contributed by atoms with van der Waals surface area (Å²) in [6.07, 6.45) is 0.744. The van der Waals surface area contributed by atoms with Crippen LogP contribution in [0.15, 0.2) is 51.7 Å². The predicted molar refractivity (Wildman–Crippen MR) is 80.3 cm³/mol. The van der Waals surface area contributed by atoms with Gasteiger partial charge in [0.25, 0.3) is 0 Å². The van der Waals surface area contributed by atoms with Gasteiger partial charge in [0.15, 0.2) is 5.58 Å². The average molecular weight is 288 g/mol. The lowest BCUT2D eigenvalue weighted by atomic mass is 10.00. The third kappa shape index (κ3) is 2.49. The minimum absolute atomic E-state index is 0.152. The van der Waals surface area contributed by atoms with Crippen molar-refractivity contribution in [2.24, 2.45) is 0 Å². The summed E-state index contributed by atoms with van der Waals surface area (Å²) in [5.74, 6) is -0.442. The van der Waals surface area contributed by atoms with Gasteiger partial charge in [0.05, 0.1) is 10.9 Å². The summed E-state index contributed by atoms with van der Waals surface area (Å²) in [7, 11) is 0. The van der Waals surface area contributed by atoms with Crippen LogP contribution in [0, 0.1) is 6.92 Å². The number of benzene rings is 2. The number of halogens is 1. The van der Waals surface area contributed by atoms with Crippen LogP contribution in [0.5, 0.6) is 0 Å². The van der Waals surface area contributed by atoms with Crippen molar-refractivity contribution in [1.29, 1.82) is 0 Å². The maximum absolute atomic E-state index is 11.2. The van der Waals surface area contributed by atoms with E-state index in [0.717, 1.165) is 12.0 Å². The van der Waals surface area contributed by atoms with Gasteiger partial charge in [-0.05, 0) is 42.2 Å². The molecule has 0 radical (unpaired) electrons. The number of H-pyrrole nitrogens is 1. The number of nitrogens with one attached hydrogen (secondary N) is 1. The molecule has 0 aliphatic heterocycles. The third-order valence-corrected chi connectivity index (χ3v) is 3.87. The highest BCUT2D eigenvalue weighted by atomic mass is 35.5. The summed E-state index contributed by atoms with van der Waals surface area (Å²) in [6.45, 7) is 2.08. The second-order valence-electron chi connectivity index (χ2n) is 4.87. The van der Waals surface area contributed by atoms with Gasteiger partial charge in [-0.3, -0.25) is 4.98 Å². The molecule has 0 saturated carbocycles. The third-order valence-electron chi connectivity index (χ3n) is 3.47. The van der Waals surface area contributed by atoms with Gasteiger partial charge in [-0.2, -0.15) is 0 Å². The number of aryl methyl sites for hydroxylation is 1. The Bertz CT molecular complexity index is 803. The first kappa shape index (κ1) is 13.0. The molecule has 3 rings (SSSR count). The summed E-state index contributed by atoms with van der Waals surface area (Å²) < 4.78 is 5.06. The molecular formula is C16H14ClNO2. The van der Waals surface area contributed by atoms with Crippen LogP contribution in [-0.4, -0.2) is 4.98 Å². The predicted octanol–water partition coefficient (Wildman–Crippen LogP) is 3.95. The van der Waals surface area contributed by atoms with E-state index in [0.29, 0.717) is 11.1 Å². The molecule has 0 amide bonds. The molecule has 1 heterocycles. The van der Waals surface area contributed by atoms with Gasteiger partial charge < -0.3 is 4.42 Å². The van der Waals surface area contributed by atoms with Crippen molar-refractivity contribution in [3.8, 4) is 0 Å². The van der Waals surface area contributed by atoms with Crippen molar-refractivity contribution in [2.75, 3.05) is 0 Å². The smallest absolute Gasteiger partial charge is 0.408 e. The van der Waals surface area contributed by atoms with Crippen molar-refractivity contribution in [3.05, 3.63) is 69.7 Å². The first-order valence-corrected chi connectivity index (χ1v) is 6.88. The molecule has 1 atom stereocenters. The van der Waals surface area contributed by atoms with Crippen molar-refractivity contribution in [2.45, 2.75) is 18.7 Å². The van der Waals surface area contributed by atoms with Gasteiger partial charge in [0.2, 0.25) is 0 Å². The first-order valence-electron chi connectivity index (χ1n) is 6.45. The molecule has 0 saturated heterocycles. The fourth-order valence-corrected chi connectivity index (χ4v) is 2.61. The molecule has 0 aliphatic carbocycles. The molecule has 0 spiro atoms. The Morgan fingerprint density at radius 1 is 1.25 bits per heavy atom. The molecular weight excluding hydrogens is 274 g/mol. The molecule has 102 valence electrons. The van der Waals surface area contributed by atoms with E-state index in [4.69, 9.17) is 16.0 Å². The summed E-state index contributed by atoms with van der Waals surface area (Å²) in [6, 6.07) is 13.8. The largest absolute Gasteiger partial charge is 0.417 e. The van der Waals surface area contributed by atoms with Crippen molar-refractivity contribution >= 4 is 22.7 Å². The molecule has 3 nitrogen and oxygen atoms in total. The van der Waals surface area contributed by atoms with Gasteiger partial charge in [-0.25, -0.2) is 4.79 Å². The lowest BCUT2D eigenvalue weighted by Crippen LogP contribution is -1.97. The number of aromatic nitrogens is 1. The van der Waals surface area contributed by atoms with E-state index in [9.17, 15) is 4.79 Å². The zero-order valence-corrected chi connectivity index (χ0v) is 11.8. The van der Waals surface area contributed by atoms with Crippen LogP contribution in [0.3, 0.4) is 0 Å². The Kier molecular flexibility index (Phi) is 3.36. The minimum atomic E-state index is -0.442. The zero-order valence-electron chi connectivity index (χ0n) is 11.0. The zero-order chi connectivity index (χ0) is 14.1. The Labute approximate surface area is 121 Å². The van der Waals surface area contributed by atoms with Gasteiger partial charge in [0.1, 0.15) is 0 Å². The van der Waals surface area contributed by atoms with Gasteiger partial charge >= 0.3 is 5.76 Å². The van der Waals surface area contributed by atoms with Crippen LogP contribution < -0.4 is 5.76 Å². The number of hydrogen-bond acceptors (Lipinski definition) is 2. The van der Waals surface area contributed by atoms with Crippen LogP contribution in [0.1, 0.15) is 22.1 Å². The maximum Gasteiger partial charge on any atom is 0.417 e. The molecule has 0 aliphatic rings. The normalized spacial score (nSPS) is 12.7. The molecule has 1 unspecified atom stereocenters. The van der Waals surface area contributed by atoms with E-state index >= 15 is 0 Å². The number of oxazole rings is 1. The van der Waals surface area contributed by atoms with E-state index in [1.54, 1.807) is 0 Å². The van der Waals surface area contributed by atoms with Gasteiger partial charge in [-0.1, -0.05) is 30.3 Å². The standard InChI is InChI=1S/C16H14ClNO2/c1-10-4-2-3-5-11(10)8-13(17)12-6-7-14-15(9-12)20-16(19)18-14/h2-7,9,13H,8H2,1H3,(H,18,19). The van der Waals surface area contributed by atoms with Crippen LogP contribution >= 0.6 is 11.6 Å². The monoisotopic (exact) mass is 287 g/mol. The number of hydrogen-bond donors (Lipinski definition) is 1. The molecule has 0 bridgehead atoms. The molecule has 20 heavy (non-hydrogen) atoms. The SMILES string of the molecule is Cc1ccccc1CC(Cl)c1ccc2[nH]c(=O)oc2c1. The highest BCUT2D eigenvalue weighted by molar-refractivity contribution is 6.21. The van der Waals surface area contributed by atoms with E-state index in [2.05, 4.69) is 24.0 Å². The van der Waals surface area contributed by atoms with E-state index < -0.39 is 5.76 Å². The average Bonchev–Trinajstić information content (AvgIpc) is 2.80. The molecule has 0 fully saturated rings. The highest BCUT2D eigenvalue weighted by Crippen LogP contribution is 2.28. The van der Waals surface area contributed by atoms with Crippen molar-refractivity contribution in [3.63, 3.8) is 0 Å². The van der Waals surface area contributed by atoms with Gasteiger partial charge in [0, 0.05) is 0 Å². The first-order chi connectivity index (χ1) is 9.63. The summed E-state index contributed by atoms with van der Waals surface area (Å²) in [5.41, 5.74) is 4.64. The fraction of sp³-hybridized carbons (Fsp3) is 0.188. The molecule has 1 N–H and O–H groups in total. The van der Waals surface area contributed by atoms with Crippen LogP contribution in [0.25, 0.3) is 11.1 Å². The quantitative estimate of drug-likeness (QED) is 0.741. The number of rotatable bonds is 3. The van der Waals surface area contributed by atoms with Crippen LogP contribution in [0.2, 0.25) is 0 Å². The topological polar surface area (TPSA) is 46.0 Å². The Morgan fingerprint density at radius 2 is 2.05 bits per heavy atom. The number of aromatic amines is 1. The summed E-state index contributed by atoms with van der Waals surface area (Å²) in [4.78, 5) is 13.8. The van der Waals surface area contributed by atoms with Crippen LogP contribution in [-0.2, 0) is 6.42 Å². The summed E-state index contributed by atoms with van der Waals surface area (Å²) >= 11 is 6.49. The molecule has 4 heteroatoms. The lowest BCUT2D eigenvalue weighted by Gasteiger charge is -2.11. The fourth-order valence-electron chi connectivity index (χ4n) is 2.31. The minimum Gasteiger partial charge on any atom is -0.408 e. The highest BCUT2D eigenvalue weighted by Gasteiger charge is 2.12. The van der Waals surface area contributed by atoms with E-state index in [-0.39, 0.29) is 5.38 Å². The Hall–Kier alpha value is -2.00. The van der Waals surface area contributed by atoms with Gasteiger partial charge in [-0.15, -0.1) is 11.6 Å². The Balaban J connectivity index is 1.90.